The molecule has 0 aromatic rings. The molecule has 0 radical (unpaired) electrons. The Morgan fingerprint density at radius 2 is 2.00 bits per heavy atom. The lowest BCUT2D eigenvalue weighted by atomic mass is 9.94. The van der Waals surface area contributed by atoms with Gasteiger partial charge in [-0.3, -0.25) is 0 Å². The molecule has 0 aromatic carbocycles. The van der Waals surface area contributed by atoms with E-state index >= 15 is 0 Å². The molecule has 1 saturated carbocycles. The van der Waals surface area contributed by atoms with Crippen molar-refractivity contribution in [3.8, 4) is 0 Å². The predicted octanol–water partition coefficient (Wildman–Crippen LogP) is 3.32. The fraction of sp³-hybridized carbons (Fsp3) is 0.944. The van der Waals surface area contributed by atoms with Crippen LogP contribution in [0.2, 0.25) is 0 Å². The van der Waals surface area contributed by atoms with Crippen LogP contribution >= 0.6 is 0 Å². The second-order valence-electron chi connectivity index (χ2n) is 8.04. The summed E-state index contributed by atoms with van der Waals surface area (Å²) in [5, 5.41) is 3.74. The Bertz CT molecular complexity index is 375. The number of hydrogen-bond acceptors (Lipinski definition) is 4. The summed E-state index contributed by atoms with van der Waals surface area (Å²) in [5.41, 5.74) is -0.452. The van der Waals surface area contributed by atoms with E-state index in [1.165, 1.54) is 32.1 Å². The molecule has 0 aromatic heterocycles. The van der Waals surface area contributed by atoms with Gasteiger partial charge in [0.15, 0.2) is 0 Å². The SMILES string of the molecule is CC(CC1COCCN1C(=O)OC(C)(C)C)NC1CCCCC1. The lowest BCUT2D eigenvalue weighted by Gasteiger charge is -2.38. The Balaban J connectivity index is 1.85. The van der Waals surface area contributed by atoms with Crippen molar-refractivity contribution in [2.45, 2.75) is 89.9 Å². The van der Waals surface area contributed by atoms with Gasteiger partial charge in [0.25, 0.3) is 0 Å². The van der Waals surface area contributed by atoms with Crippen molar-refractivity contribution in [1.29, 1.82) is 0 Å². The van der Waals surface area contributed by atoms with Gasteiger partial charge in [0.2, 0.25) is 0 Å². The van der Waals surface area contributed by atoms with Crippen molar-refractivity contribution < 1.29 is 14.3 Å². The van der Waals surface area contributed by atoms with Gasteiger partial charge in [0.1, 0.15) is 5.60 Å². The second kappa shape index (κ2) is 8.34. The molecule has 1 heterocycles. The van der Waals surface area contributed by atoms with E-state index in [1.54, 1.807) is 0 Å². The minimum atomic E-state index is -0.452. The minimum Gasteiger partial charge on any atom is -0.444 e. The molecule has 1 N–H and O–H groups in total. The maximum atomic E-state index is 12.4. The number of nitrogens with one attached hydrogen (secondary N) is 1. The zero-order valence-electron chi connectivity index (χ0n) is 15.3. The molecule has 0 spiro atoms. The molecule has 1 aliphatic carbocycles. The third-order valence-corrected chi connectivity index (χ3v) is 4.61. The molecule has 0 bridgehead atoms. The van der Waals surface area contributed by atoms with E-state index in [9.17, 15) is 4.79 Å². The number of rotatable bonds is 4. The normalized spacial score (nSPS) is 25.2. The van der Waals surface area contributed by atoms with Crippen LogP contribution in [0, 0.1) is 0 Å². The zero-order valence-corrected chi connectivity index (χ0v) is 15.3. The second-order valence-corrected chi connectivity index (χ2v) is 8.04. The summed E-state index contributed by atoms with van der Waals surface area (Å²) in [6, 6.07) is 1.12. The molecular weight excluding hydrogens is 292 g/mol. The first-order chi connectivity index (χ1) is 10.8. The molecule has 1 amide bonds. The number of hydrogen-bond donors (Lipinski definition) is 1. The standard InChI is InChI=1S/C18H34N2O3/c1-14(19-15-8-6-5-7-9-15)12-16-13-22-11-10-20(16)17(21)23-18(2,3)4/h14-16,19H,5-13H2,1-4H3. The van der Waals surface area contributed by atoms with E-state index in [1.807, 2.05) is 25.7 Å². The Morgan fingerprint density at radius 1 is 1.30 bits per heavy atom. The van der Waals surface area contributed by atoms with Crippen molar-refractivity contribution in [1.82, 2.24) is 10.2 Å². The first kappa shape index (κ1) is 18.5. The van der Waals surface area contributed by atoms with Gasteiger partial charge >= 0.3 is 6.09 Å². The predicted molar refractivity (Wildman–Crippen MR) is 91.6 cm³/mol. The summed E-state index contributed by atoms with van der Waals surface area (Å²) >= 11 is 0. The molecule has 134 valence electrons. The molecule has 2 atom stereocenters. The number of nitrogens with zero attached hydrogens (tertiary/aromatic N) is 1. The molecule has 23 heavy (non-hydrogen) atoms. The van der Waals surface area contributed by atoms with Crippen molar-refractivity contribution in [3.05, 3.63) is 0 Å². The van der Waals surface area contributed by atoms with Gasteiger partial charge in [-0.1, -0.05) is 19.3 Å². The van der Waals surface area contributed by atoms with Crippen LogP contribution < -0.4 is 5.32 Å². The number of ether oxygens (including phenoxy) is 2. The third kappa shape index (κ3) is 6.30. The maximum Gasteiger partial charge on any atom is 0.410 e. The molecule has 5 nitrogen and oxygen atoms in total. The lowest BCUT2D eigenvalue weighted by Crippen LogP contribution is -2.52. The minimum absolute atomic E-state index is 0.102. The van der Waals surface area contributed by atoms with Crippen LogP contribution in [0.15, 0.2) is 0 Å². The first-order valence-corrected chi connectivity index (χ1v) is 9.18. The monoisotopic (exact) mass is 326 g/mol. The largest absolute Gasteiger partial charge is 0.444 e. The Labute approximate surface area is 141 Å². The average molecular weight is 326 g/mol. The van der Waals surface area contributed by atoms with Gasteiger partial charge in [0.05, 0.1) is 19.3 Å². The lowest BCUT2D eigenvalue weighted by molar-refractivity contribution is -0.0358. The molecule has 5 heteroatoms. The Kier molecular flexibility index (Phi) is 6.72. The fourth-order valence-corrected chi connectivity index (χ4v) is 3.56. The molecule has 1 aliphatic heterocycles. The van der Waals surface area contributed by atoms with E-state index < -0.39 is 5.60 Å². The van der Waals surface area contributed by atoms with Crippen LogP contribution in [0.5, 0.6) is 0 Å². The first-order valence-electron chi connectivity index (χ1n) is 9.18. The highest BCUT2D eigenvalue weighted by molar-refractivity contribution is 5.68. The number of carbonyl (C=O) groups excluding carboxylic acids is 1. The van der Waals surface area contributed by atoms with Crippen LogP contribution in [0.1, 0.15) is 66.2 Å². The van der Waals surface area contributed by atoms with Crippen molar-refractivity contribution in [2.24, 2.45) is 0 Å². The van der Waals surface area contributed by atoms with E-state index in [-0.39, 0.29) is 12.1 Å². The number of carbonyl (C=O) groups is 1. The van der Waals surface area contributed by atoms with Gasteiger partial charge < -0.3 is 19.7 Å². The third-order valence-electron chi connectivity index (χ3n) is 4.61. The van der Waals surface area contributed by atoms with Crippen LogP contribution in [-0.4, -0.2) is 54.5 Å². The van der Waals surface area contributed by atoms with E-state index in [2.05, 4.69) is 12.2 Å². The van der Waals surface area contributed by atoms with Crippen molar-refractivity contribution >= 4 is 6.09 Å². The van der Waals surface area contributed by atoms with Gasteiger partial charge in [0, 0.05) is 18.6 Å². The highest BCUT2D eigenvalue weighted by Gasteiger charge is 2.32. The Hall–Kier alpha value is -0.810. The molecule has 1 saturated heterocycles. The van der Waals surface area contributed by atoms with Crippen LogP contribution in [0.3, 0.4) is 0 Å². The van der Waals surface area contributed by atoms with Gasteiger partial charge in [-0.25, -0.2) is 4.79 Å². The topological polar surface area (TPSA) is 50.8 Å². The molecule has 2 rings (SSSR count). The molecule has 2 aliphatic rings. The zero-order chi connectivity index (χ0) is 16.9. The molecular formula is C18H34N2O3. The van der Waals surface area contributed by atoms with Gasteiger partial charge in [-0.05, 0) is 47.0 Å². The summed E-state index contributed by atoms with van der Waals surface area (Å²) in [6.45, 7) is 9.77. The highest BCUT2D eigenvalue weighted by Crippen LogP contribution is 2.21. The fourth-order valence-electron chi connectivity index (χ4n) is 3.56. The van der Waals surface area contributed by atoms with Crippen LogP contribution in [0.25, 0.3) is 0 Å². The van der Waals surface area contributed by atoms with Crippen LogP contribution in [-0.2, 0) is 9.47 Å². The summed E-state index contributed by atoms with van der Waals surface area (Å²) in [5.74, 6) is 0. The quantitative estimate of drug-likeness (QED) is 0.861. The van der Waals surface area contributed by atoms with E-state index in [0.717, 1.165) is 6.42 Å². The van der Waals surface area contributed by atoms with E-state index in [4.69, 9.17) is 9.47 Å². The summed E-state index contributed by atoms with van der Waals surface area (Å²) in [7, 11) is 0. The summed E-state index contributed by atoms with van der Waals surface area (Å²) in [4.78, 5) is 14.3. The smallest absolute Gasteiger partial charge is 0.410 e. The molecule has 2 fully saturated rings. The van der Waals surface area contributed by atoms with Gasteiger partial charge in [-0.2, -0.15) is 0 Å². The van der Waals surface area contributed by atoms with E-state index in [0.29, 0.717) is 31.8 Å². The summed E-state index contributed by atoms with van der Waals surface area (Å²) < 4.78 is 11.2. The average Bonchev–Trinajstić information content (AvgIpc) is 2.47. The summed E-state index contributed by atoms with van der Waals surface area (Å²) in [6.07, 6.45) is 7.30. The maximum absolute atomic E-state index is 12.4. The van der Waals surface area contributed by atoms with Crippen molar-refractivity contribution in [3.63, 3.8) is 0 Å². The number of amides is 1. The highest BCUT2D eigenvalue weighted by atomic mass is 16.6. The molecule has 2 unspecified atom stereocenters. The Morgan fingerprint density at radius 3 is 2.65 bits per heavy atom. The van der Waals surface area contributed by atoms with Crippen molar-refractivity contribution in [2.75, 3.05) is 19.8 Å². The number of morpholine rings is 1. The van der Waals surface area contributed by atoms with Crippen LogP contribution in [0.4, 0.5) is 4.79 Å². The van der Waals surface area contributed by atoms with Gasteiger partial charge in [-0.15, -0.1) is 0 Å².